The Morgan fingerprint density at radius 2 is 1.67 bits per heavy atom. The number of Topliss-reactive ketones (excluding diaryl/α,β-unsaturated/α-hetero) is 1. The Morgan fingerprint density at radius 1 is 0.970 bits per heavy atom. The van der Waals surface area contributed by atoms with Gasteiger partial charge < -0.3 is 19.3 Å². The minimum Gasteiger partial charge on any atom is -0.507 e. The van der Waals surface area contributed by atoms with E-state index in [1.807, 2.05) is 11.4 Å². The highest BCUT2D eigenvalue weighted by molar-refractivity contribution is 7.10. The van der Waals surface area contributed by atoms with Crippen molar-refractivity contribution in [1.29, 1.82) is 0 Å². The third kappa shape index (κ3) is 3.81. The predicted molar refractivity (Wildman–Crippen MR) is 127 cm³/mol. The number of aliphatic hydroxyl groups is 1. The van der Waals surface area contributed by atoms with Crippen LogP contribution in [-0.4, -0.2) is 38.1 Å². The van der Waals surface area contributed by atoms with Crippen molar-refractivity contribution in [2.24, 2.45) is 0 Å². The van der Waals surface area contributed by atoms with Crippen molar-refractivity contribution in [1.82, 2.24) is 0 Å². The Kier molecular flexibility index (Phi) is 6.31. The van der Waals surface area contributed by atoms with Gasteiger partial charge in [-0.1, -0.05) is 29.8 Å². The van der Waals surface area contributed by atoms with Gasteiger partial charge in [0.15, 0.2) is 0 Å². The molecule has 33 heavy (non-hydrogen) atoms. The van der Waals surface area contributed by atoms with E-state index in [1.54, 1.807) is 30.3 Å². The van der Waals surface area contributed by atoms with E-state index in [0.717, 1.165) is 0 Å². The molecule has 1 amide bonds. The van der Waals surface area contributed by atoms with Crippen LogP contribution >= 0.6 is 22.9 Å². The van der Waals surface area contributed by atoms with Gasteiger partial charge in [0.05, 0.1) is 43.2 Å². The summed E-state index contributed by atoms with van der Waals surface area (Å²) in [5.41, 5.74) is 0.509. The average Bonchev–Trinajstić information content (AvgIpc) is 3.45. The number of rotatable bonds is 6. The van der Waals surface area contributed by atoms with Gasteiger partial charge in [-0.05, 0) is 29.6 Å². The summed E-state index contributed by atoms with van der Waals surface area (Å²) in [5, 5.41) is 13.4. The zero-order valence-corrected chi connectivity index (χ0v) is 19.6. The Hall–Kier alpha value is -3.49. The van der Waals surface area contributed by atoms with Gasteiger partial charge in [-0.25, -0.2) is 0 Å². The number of hydrogen-bond donors (Lipinski definition) is 1. The molecule has 1 saturated heterocycles. The van der Waals surface area contributed by atoms with E-state index in [9.17, 15) is 14.7 Å². The number of carbonyl (C=O) groups excluding carboxylic acids is 2. The zero-order chi connectivity index (χ0) is 23.7. The van der Waals surface area contributed by atoms with E-state index in [0.29, 0.717) is 22.1 Å². The topological polar surface area (TPSA) is 85.3 Å². The molecule has 1 aliphatic heterocycles. The van der Waals surface area contributed by atoms with E-state index in [2.05, 4.69) is 0 Å². The number of halogens is 1. The van der Waals surface area contributed by atoms with Crippen molar-refractivity contribution in [3.63, 3.8) is 0 Å². The van der Waals surface area contributed by atoms with Gasteiger partial charge in [0.25, 0.3) is 11.7 Å². The van der Waals surface area contributed by atoms with Gasteiger partial charge in [-0.2, -0.15) is 0 Å². The monoisotopic (exact) mass is 485 g/mol. The second-order valence-corrected chi connectivity index (χ2v) is 8.43. The van der Waals surface area contributed by atoms with Gasteiger partial charge in [0.2, 0.25) is 0 Å². The van der Waals surface area contributed by atoms with Gasteiger partial charge in [-0.15, -0.1) is 11.3 Å². The summed E-state index contributed by atoms with van der Waals surface area (Å²) in [5.74, 6) is -1.00. The third-order valence-electron chi connectivity index (χ3n) is 5.33. The molecule has 170 valence electrons. The van der Waals surface area contributed by atoms with Crippen LogP contribution in [0.2, 0.25) is 5.02 Å². The van der Waals surface area contributed by atoms with Crippen LogP contribution in [0.15, 0.2) is 59.5 Å². The lowest BCUT2D eigenvalue weighted by Crippen LogP contribution is -2.29. The number of thiophene rings is 1. The largest absolute Gasteiger partial charge is 0.507 e. The fraction of sp³-hybridized carbons (Fsp3) is 0.167. The molecule has 2 aromatic carbocycles. The SMILES string of the molecule is COc1cc(OC)c(/C(O)=C2/C(=O)C(=O)N(c3ccccc3OC)C2c2cccs2)cc1Cl. The van der Waals surface area contributed by atoms with Crippen LogP contribution in [-0.2, 0) is 9.59 Å². The molecule has 2 heterocycles. The molecule has 0 aliphatic carbocycles. The van der Waals surface area contributed by atoms with E-state index < -0.39 is 23.5 Å². The first-order valence-electron chi connectivity index (χ1n) is 9.82. The molecular weight excluding hydrogens is 466 g/mol. The average molecular weight is 486 g/mol. The quantitative estimate of drug-likeness (QED) is 0.298. The fourth-order valence-electron chi connectivity index (χ4n) is 3.82. The van der Waals surface area contributed by atoms with E-state index in [4.69, 9.17) is 25.8 Å². The van der Waals surface area contributed by atoms with Crippen molar-refractivity contribution >= 4 is 46.1 Å². The van der Waals surface area contributed by atoms with Crippen molar-refractivity contribution in [2.45, 2.75) is 6.04 Å². The standard InChI is InChI=1S/C24H20ClNO6S/c1-30-16-8-5-4-7-15(16)26-21(19-9-6-10-33-19)20(23(28)24(26)29)22(27)13-11-14(25)18(32-3)12-17(13)31-2/h4-12,21,27H,1-3H3/b22-20-. The van der Waals surface area contributed by atoms with Crippen molar-refractivity contribution in [3.8, 4) is 17.2 Å². The lowest BCUT2D eigenvalue weighted by molar-refractivity contribution is -0.132. The second-order valence-electron chi connectivity index (χ2n) is 7.04. The number of aliphatic hydroxyl groups excluding tert-OH is 1. The van der Waals surface area contributed by atoms with Crippen LogP contribution < -0.4 is 19.1 Å². The minimum atomic E-state index is -0.869. The Labute approximate surface area is 199 Å². The normalized spacial score (nSPS) is 17.3. The summed E-state index contributed by atoms with van der Waals surface area (Å²) < 4.78 is 16.0. The molecule has 0 saturated carbocycles. The number of nitrogens with zero attached hydrogens (tertiary/aromatic N) is 1. The summed E-state index contributed by atoms with van der Waals surface area (Å²) in [6.07, 6.45) is 0. The van der Waals surface area contributed by atoms with Crippen LogP contribution in [0.4, 0.5) is 5.69 Å². The molecule has 1 aromatic heterocycles. The molecule has 1 N–H and O–H groups in total. The number of ether oxygens (including phenoxy) is 3. The molecular formula is C24H20ClNO6S. The molecule has 4 rings (SSSR count). The molecule has 0 bridgehead atoms. The molecule has 9 heteroatoms. The Balaban J connectivity index is 1.98. The number of anilines is 1. The number of methoxy groups -OCH3 is 3. The lowest BCUT2D eigenvalue weighted by Gasteiger charge is -2.25. The van der Waals surface area contributed by atoms with E-state index >= 15 is 0 Å². The maximum absolute atomic E-state index is 13.3. The molecule has 0 radical (unpaired) electrons. The zero-order valence-electron chi connectivity index (χ0n) is 18.0. The molecule has 7 nitrogen and oxygen atoms in total. The summed E-state index contributed by atoms with van der Waals surface area (Å²) >= 11 is 7.65. The van der Waals surface area contributed by atoms with Crippen molar-refractivity contribution in [3.05, 3.63) is 74.9 Å². The first-order valence-corrected chi connectivity index (χ1v) is 11.1. The number of carbonyl (C=O) groups is 2. The summed E-state index contributed by atoms with van der Waals surface area (Å²) in [6.45, 7) is 0. The highest BCUT2D eigenvalue weighted by atomic mass is 35.5. The first kappa shape index (κ1) is 22.7. The maximum atomic E-state index is 13.3. The lowest BCUT2D eigenvalue weighted by atomic mass is 9.99. The predicted octanol–water partition coefficient (Wildman–Crippen LogP) is 5.05. The molecule has 1 fully saturated rings. The van der Waals surface area contributed by atoms with Crippen LogP contribution in [0.5, 0.6) is 17.2 Å². The Morgan fingerprint density at radius 3 is 2.30 bits per heavy atom. The highest BCUT2D eigenvalue weighted by Crippen LogP contribution is 2.47. The summed E-state index contributed by atoms with van der Waals surface area (Å²) in [4.78, 5) is 28.6. The molecule has 3 aromatic rings. The van der Waals surface area contributed by atoms with E-state index in [-0.39, 0.29) is 21.9 Å². The molecule has 1 unspecified atom stereocenters. The number of ketones is 1. The third-order valence-corrected chi connectivity index (χ3v) is 6.55. The number of benzene rings is 2. The molecule has 0 spiro atoms. The van der Waals surface area contributed by atoms with Gasteiger partial charge in [0.1, 0.15) is 29.0 Å². The first-order chi connectivity index (χ1) is 15.9. The van der Waals surface area contributed by atoms with Gasteiger partial charge in [-0.3, -0.25) is 14.5 Å². The maximum Gasteiger partial charge on any atom is 0.300 e. The van der Waals surface area contributed by atoms with Gasteiger partial charge in [0, 0.05) is 10.9 Å². The minimum absolute atomic E-state index is 0.0760. The highest BCUT2D eigenvalue weighted by Gasteiger charge is 2.48. The fourth-order valence-corrected chi connectivity index (χ4v) is 4.88. The van der Waals surface area contributed by atoms with Crippen LogP contribution in [0.1, 0.15) is 16.5 Å². The summed E-state index contributed by atoms with van der Waals surface area (Å²) in [7, 11) is 4.36. The van der Waals surface area contributed by atoms with Crippen LogP contribution in [0.3, 0.4) is 0 Å². The number of para-hydroxylation sites is 2. The van der Waals surface area contributed by atoms with Crippen molar-refractivity contribution in [2.75, 3.05) is 26.2 Å². The summed E-state index contributed by atoms with van der Waals surface area (Å²) in [6, 6.07) is 12.6. The van der Waals surface area contributed by atoms with Crippen molar-refractivity contribution < 1.29 is 28.9 Å². The second kappa shape index (κ2) is 9.17. The number of hydrogen-bond acceptors (Lipinski definition) is 7. The number of amides is 1. The smallest absolute Gasteiger partial charge is 0.300 e. The van der Waals surface area contributed by atoms with E-state index in [1.165, 1.54) is 49.7 Å². The van der Waals surface area contributed by atoms with Gasteiger partial charge >= 0.3 is 0 Å². The molecule has 1 atom stereocenters. The molecule has 1 aliphatic rings. The van der Waals surface area contributed by atoms with Crippen LogP contribution in [0.25, 0.3) is 5.76 Å². The van der Waals surface area contributed by atoms with Crippen LogP contribution in [0, 0.1) is 0 Å². The Bertz CT molecular complexity index is 1250.